The van der Waals surface area contributed by atoms with Crippen LogP contribution in [0.3, 0.4) is 0 Å². The van der Waals surface area contributed by atoms with Crippen molar-refractivity contribution in [3.05, 3.63) is 59.3 Å². The molecule has 5 rings (SSSR count). The number of nitrogens with one attached hydrogen (secondary N) is 1. The summed E-state index contributed by atoms with van der Waals surface area (Å²) in [6, 6.07) is 13.9. The number of carbonyl (C=O) groups excluding carboxylic acids is 1. The van der Waals surface area contributed by atoms with Crippen LogP contribution in [0.1, 0.15) is 40.9 Å². The molecule has 2 aliphatic heterocycles. The molecule has 150 valence electrons. The minimum atomic E-state index is -0.370. The van der Waals surface area contributed by atoms with Crippen LogP contribution in [0.2, 0.25) is 0 Å². The molecule has 2 aromatic carbocycles. The van der Waals surface area contributed by atoms with Crippen molar-refractivity contribution < 1.29 is 9.53 Å². The summed E-state index contributed by atoms with van der Waals surface area (Å²) in [7, 11) is 0. The summed E-state index contributed by atoms with van der Waals surface area (Å²) in [6.07, 6.45) is 3.25. The zero-order valence-electron chi connectivity index (χ0n) is 16.8. The van der Waals surface area contributed by atoms with Crippen molar-refractivity contribution in [1.82, 2.24) is 9.88 Å². The maximum absolute atomic E-state index is 12.7. The summed E-state index contributed by atoms with van der Waals surface area (Å²) in [4.78, 5) is 18.6. The number of carbonyl (C=O) groups is 1. The van der Waals surface area contributed by atoms with Gasteiger partial charge in [-0.25, -0.2) is 0 Å². The van der Waals surface area contributed by atoms with Gasteiger partial charge in [-0.2, -0.15) is 0 Å². The number of ketones is 1. The van der Waals surface area contributed by atoms with Gasteiger partial charge in [-0.15, -0.1) is 0 Å². The summed E-state index contributed by atoms with van der Waals surface area (Å²) >= 11 is 0. The van der Waals surface area contributed by atoms with E-state index >= 15 is 0 Å². The third-order valence-corrected chi connectivity index (χ3v) is 6.59. The molecule has 0 radical (unpaired) electrons. The number of aromatic amines is 1. The van der Waals surface area contributed by atoms with Gasteiger partial charge >= 0.3 is 0 Å². The Morgan fingerprint density at radius 3 is 2.79 bits per heavy atom. The molecule has 3 aromatic rings. The molecule has 1 aromatic heterocycles. The summed E-state index contributed by atoms with van der Waals surface area (Å²) in [5, 5.41) is 1.33. The molecule has 5 nitrogen and oxygen atoms in total. The predicted molar refractivity (Wildman–Crippen MR) is 116 cm³/mol. The molecule has 0 atom stereocenters. The van der Waals surface area contributed by atoms with Gasteiger partial charge in [-0.3, -0.25) is 4.79 Å². The maximum atomic E-state index is 12.7. The molecule has 0 saturated carbocycles. The highest BCUT2D eigenvalue weighted by Crippen LogP contribution is 2.40. The first-order valence-corrected chi connectivity index (χ1v) is 10.4. The first kappa shape index (κ1) is 18.3. The van der Waals surface area contributed by atoms with Crippen molar-refractivity contribution in [2.75, 3.05) is 25.4 Å². The quantitative estimate of drug-likeness (QED) is 0.662. The van der Waals surface area contributed by atoms with Gasteiger partial charge in [0.1, 0.15) is 11.4 Å². The minimum Gasteiger partial charge on any atom is -0.486 e. The van der Waals surface area contributed by atoms with Crippen LogP contribution in [-0.4, -0.2) is 40.9 Å². The zero-order chi connectivity index (χ0) is 20.0. The van der Waals surface area contributed by atoms with Gasteiger partial charge in [-0.05, 0) is 37.1 Å². The van der Waals surface area contributed by atoms with E-state index in [0.717, 1.165) is 38.9 Å². The number of anilines is 1. The number of nitrogens with zero attached hydrogens (tertiary/aromatic N) is 1. The number of Topliss-reactive ketones (excluding diaryl/α,β-unsaturated/α-hetero) is 1. The van der Waals surface area contributed by atoms with Crippen molar-refractivity contribution in [1.29, 1.82) is 0 Å². The van der Waals surface area contributed by atoms with Crippen molar-refractivity contribution in [3.63, 3.8) is 0 Å². The number of nitrogen functional groups attached to an aromatic ring is 1. The Balaban J connectivity index is 1.25. The predicted octanol–water partition coefficient (Wildman–Crippen LogP) is 4.10. The van der Waals surface area contributed by atoms with Gasteiger partial charge in [0.15, 0.2) is 5.78 Å². The lowest BCUT2D eigenvalue weighted by molar-refractivity contribution is -0.00860. The van der Waals surface area contributed by atoms with E-state index in [9.17, 15) is 4.79 Å². The van der Waals surface area contributed by atoms with E-state index in [2.05, 4.69) is 41.1 Å². The molecular formula is C24H27N3O2. The Kier molecular flexibility index (Phi) is 4.36. The number of likely N-dealkylation sites (tertiary alicyclic amines) is 1. The summed E-state index contributed by atoms with van der Waals surface area (Å²) < 4.78 is 6.35. The molecule has 0 unspecified atom stereocenters. The Labute approximate surface area is 170 Å². The third kappa shape index (κ3) is 3.29. The highest BCUT2D eigenvalue weighted by molar-refractivity contribution is 6.00. The van der Waals surface area contributed by atoms with Crippen LogP contribution < -0.4 is 10.5 Å². The number of aromatic nitrogens is 1. The van der Waals surface area contributed by atoms with Gasteiger partial charge in [0, 0.05) is 60.8 Å². The minimum absolute atomic E-state index is 0.175. The molecule has 2 aliphatic rings. The molecule has 1 fully saturated rings. The lowest BCUT2D eigenvalue weighted by Gasteiger charge is -2.44. The topological polar surface area (TPSA) is 71.4 Å². The third-order valence-electron chi connectivity index (χ3n) is 6.59. The number of hydrogen-bond donors (Lipinski definition) is 2. The van der Waals surface area contributed by atoms with E-state index in [1.54, 1.807) is 18.2 Å². The van der Waals surface area contributed by atoms with Crippen molar-refractivity contribution in [2.45, 2.75) is 38.2 Å². The Bertz CT molecular complexity index is 1080. The molecule has 1 spiro atoms. The van der Waals surface area contributed by atoms with E-state index in [1.807, 2.05) is 0 Å². The monoisotopic (exact) mass is 389 g/mol. The molecule has 5 heteroatoms. The first-order chi connectivity index (χ1) is 14.0. The number of benzene rings is 2. The van der Waals surface area contributed by atoms with Crippen LogP contribution in [0, 0.1) is 6.92 Å². The zero-order valence-corrected chi connectivity index (χ0v) is 16.8. The number of ether oxygens (including phenoxy) is 1. The lowest BCUT2D eigenvalue weighted by atomic mass is 9.82. The van der Waals surface area contributed by atoms with Crippen molar-refractivity contribution in [2.24, 2.45) is 0 Å². The number of fused-ring (bicyclic) bond motifs is 2. The molecule has 3 heterocycles. The molecule has 0 aliphatic carbocycles. The molecule has 1 saturated heterocycles. The molecule has 0 bridgehead atoms. The average molecular weight is 389 g/mol. The molecule has 29 heavy (non-hydrogen) atoms. The summed E-state index contributed by atoms with van der Waals surface area (Å²) in [6.45, 7) is 5.08. The highest BCUT2D eigenvalue weighted by Gasteiger charge is 2.42. The SMILES string of the molecule is Cc1[nH]c2ccccc2c1CCN1CCC2(CC1)CC(=O)c1ccc(N)cc1O2. The number of para-hydroxylation sites is 1. The largest absolute Gasteiger partial charge is 0.486 e. The fraction of sp³-hybridized carbons (Fsp3) is 0.375. The van der Waals surface area contributed by atoms with Crippen molar-refractivity contribution in [3.8, 4) is 5.75 Å². The van der Waals surface area contributed by atoms with E-state index in [-0.39, 0.29) is 11.4 Å². The fourth-order valence-electron chi connectivity index (χ4n) is 4.90. The average Bonchev–Trinajstić information content (AvgIpc) is 3.02. The summed E-state index contributed by atoms with van der Waals surface area (Å²) in [5.41, 5.74) is 10.7. The number of rotatable bonds is 3. The van der Waals surface area contributed by atoms with Crippen LogP contribution in [0.15, 0.2) is 42.5 Å². The Morgan fingerprint density at radius 1 is 1.17 bits per heavy atom. The van der Waals surface area contributed by atoms with Gasteiger partial charge in [0.2, 0.25) is 0 Å². The number of hydrogen-bond acceptors (Lipinski definition) is 4. The highest BCUT2D eigenvalue weighted by atomic mass is 16.5. The van der Waals surface area contributed by atoms with Gasteiger partial charge in [0.05, 0.1) is 12.0 Å². The maximum Gasteiger partial charge on any atom is 0.170 e. The fourth-order valence-corrected chi connectivity index (χ4v) is 4.90. The van der Waals surface area contributed by atoms with E-state index in [1.165, 1.54) is 22.2 Å². The van der Waals surface area contributed by atoms with Crippen LogP contribution in [0.25, 0.3) is 10.9 Å². The molecule has 0 amide bonds. The van der Waals surface area contributed by atoms with Gasteiger partial charge in [-0.1, -0.05) is 18.2 Å². The standard InChI is InChI=1S/C24H27N3O2/c1-16-18(19-4-2-3-5-21(19)26-16)8-11-27-12-9-24(10-13-27)15-22(28)20-7-6-17(25)14-23(20)29-24/h2-7,14,26H,8-13,15,25H2,1H3. The van der Waals surface area contributed by atoms with Gasteiger partial charge in [0.25, 0.3) is 0 Å². The van der Waals surface area contributed by atoms with Crippen LogP contribution in [0.4, 0.5) is 5.69 Å². The Hall–Kier alpha value is -2.79. The number of aryl methyl sites for hydroxylation is 1. The van der Waals surface area contributed by atoms with Crippen LogP contribution in [-0.2, 0) is 6.42 Å². The Morgan fingerprint density at radius 2 is 1.97 bits per heavy atom. The summed E-state index contributed by atoms with van der Waals surface area (Å²) in [5.74, 6) is 0.832. The second kappa shape index (κ2) is 6.92. The number of nitrogens with two attached hydrogens (primary N) is 1. The molecule has 3 N–H and O–H groups in total. The van der Waals surface area contributed by atoms with Gasteiger partial charge < -0.3 is 20.4 Å². The number of H-pyrrole nitrogens is 1. The molecular weight excluding hydrogens is 362 g/mol. The second-order valence-electron chi connectivity index (χ2n) is 8.51. The van der Waals surface area contributed by atoms with E-state index in [4.69, 9.17) is 10.5 Å². The normalized spacial score (nSPS) is 18.7. The van der Waals surface area contributed by atoms with Crippen molar-refractivity contribution >= 4 is 22.4 Å². The smallest absolute Gasteiger partial charge is 0.170 e. The first-order valence-electron chi connectivity index (χ1n) is 10.4. The van der Waals surface area contributed by atoms with E-state index < -0.39 is 0 Å². The van der Waals surface area contributed by atoms with Crippen LogP contribution >= 0.6 is 0 Å². The second-order valence-corrected chi connectivity index (χ2v) is 8.51. The van der Waals surface area contributed by atoms with Crippen LogP contribution in [0.5, 0.6) is 5.75 Å². The van der Waals surface area contributed by atoms with E-state index in [0.29, 0.717) is 23.4 Å². The lowest BCUT2D eigenvalue weighted by Crippen LogP contribution is -2.51. The number of piperidine rings is 1.